The van der Waals surface area contributed by atoms with Gasteiger partial charge in [0.15, 0.2) is 0 Å². The smallest absolute Gasteiger partial charge is 0.243 e. The van der Waals surface area contributed by atoms with E-state index in [1.165, 1.54) is 23.5 Å². The average Bonchev–Trinajstić information content (AvgIpc) is 3.17. The van der Waals surface area contributed by atoms with E-state index in [4.69, 9.17) is 9.47 Å². The van der Waals surface area contributed by atoms with Crippen molar-refractivity contribution < 1.29 is 22.7 Å². The summed E-state index contributed by atoms with van der Waals surface area (Å²) in [5, 5.41) is 2.79. The molecule has 2 aliphatic heterocycles. The number of rotatable bonds is 5. The zero-order valence-corrected chi connectivity index (χ0v) is 15.2. The third-order valence-corrected chi connectivity index (χ3v) is 6.58. The van der Waals surface area contributed by atoms with Gasteiger partial charge in [0.1, 0.15) is 5.75 Å². The van der Waals surface area contributed by atoms with Crippen LogP contribution in [0.4, 0.5) is 5.69 Å². The lowest BCUT2D eigenvalue weighted by Gasteiger charge is -2.26. The minimum atomic E-state index is -3.56. The largest absolute Gasteiger partial charge is 0.495 e. The maximum atomic E-state index is 12.8. The molecule has 0 bridgehead atoms. The molecule has 0 spiro atoms. The van der Waals surface area contributed by atoms with E-state index in [1.54, 1.807) is 6.07 Å². The van der Waals surface area contributed by atoms with E-state index in [9.17, 15) is 13.2 Å². The van der Waals surface area contributed by atoms with E-state index in [1.807, 2.05) is 0 Å². The molecule has 7 nitrogen and oxygen atoms in total. The predicted octanol–water partition coefficient (Wildman–Crippen LogP) is 1.84. The molecule has 138 valence electrons. The molecule has 25 heavy (non-hydrogen) atoms. The van der Waals surface area contributed by atoms with Crippen LogP contribution in [0.15, 0.2) is 23.1 Å². The van der Waals surface area contributed by atoms with Crippen LogP contribution in [0.5, 0.6) is 5.75 Å². The van der Waals surface area contributed by atoms with Gasteiger partial charge in [-0.05, 0) is 37.5 Å². The van der Waals surface area contributed by atoms with Crippen LogP contribution in [0.1, 0.15) is 25.7 Å². The first kappa shape index (κ1) is 18.2. The van der Waals surface area contributed by atoms with Crippen LogP contribution >= 0.6 is 0 Å². The summed E-state index contributed by atoms with van der Waals surface area (Å²) in [6.45, 7) is 2.03. The molecule has 1 N–H and O–H groups in total. The summed E-state index contributed by atoms with van der Waals surface area (Å²) in [6.07, 6.45) is 3.47. The van der Waals surface area contributed by atoms with Crippen molar-refractivity contribution in [3.05, 3.63) is 18.2 Å². The Balaban J connectivity index is 1.85. The zero-order valence-electron chi connectivity index (χ0n) is 14.4. The Morgan fingerprint density at radius 1 is 1.28 bits per heavy atom. The zero-order chi connectivity index (χ0) is 17.9. The number of hydrogen-bond donors (Lipinski definition) is 1. The number of nitrogens with zero attached hydrogens (tertiary/aromatic N) is 1. The molecule has 0 aliphatic carbocycles. The Morgan fingerprint density at radius 2 is 2.04 bits per heavy atom. The molecule has 0 aromatic heterocycles. The standard InChI is InChI=1S/C17H24N2O5S/c1-23-16-6-5-14(25(21,22)19-8-3-2-4-9-19)11-15(16)18-17(20)13-7-10-24-12-13/h5-6,11,13H,2-4,7-10,12H2,1H3,(H,18,20). The second kappa shape index (κ2) is 7.72. The van der Waals surface area contributed by atoms with E-state index in [0.717, 1.165) is 19.3 Å². The molecule has 1 unspecified atom stereocenters. The number of ether oxygens (including phenoxy) is 2. The Labute approximate surface area is 148 Å². The van der Waals surface area contributed by atoms with Gasteiger partial charge in [-0.1, -0.05) is 6.42 Å². The molecule has 3 rings (SSSR count). The lowest BCUT2D eigenvalue weighted by Crippen LogP contribution is -2.35. The molecule has 1 amide bonds. The highest BCUT2D eigenvalue weighted by molar-refractivity contribution is 7.89. The average molecular weight is 368 g/mol. The van der Waals surface area contributed by atoms with Gasteiger partial charge in [-0.15, -0.1) is 0 Å². The van der Waals surface area contributed by atoms with Crippen molar-refractivity contribution in [2.75, 3.05) is 38.7 Å². The molecular formula is C17H24N2O5S. The molecule has 2 heterocycles. The van der Waals surface area contributed by atoms with Crippen LogP contribution in [0.2, 0.25) is 0 Å². The summed E-state index contributed by atoms with van der Waals surface area (Å²) in [5.41, 5.74) is 0.373. The fourth-order valence-corrected chi connectivity index (χ4v) is 4.72. The van der Waals surface area contributed by atoms with Crippen LogP contribution in [-0.2, 0) is 19.6 Å². The van der Waals surface area contributed by atoms with Crippen molar-refractivity contribution in [1.82, 2.24) is 4.31 Å². The first-order valence-electron chi connectivity index (χ1n) is 8.59. The van der Waals surface area contributed by atoms with E-state index < -0.39 is 10.0 Å². The lowest BCUT2D eigenvalue weighted by molar-refractivity contribution is -0.119. The molecule has 1 aromatic carbocycles. The Kier molecular flexibility index (Phi) is 5.61. The summed E-state index contributed by atoms with van der Waals surface area (Å²) >= 11 is 0. The SMILES string of the molecule is COc1ccc(S(=O)(=O)N2CCCCC2)cc1NC(=O)C1CCOC1. The molecule has 8 heteroatoms. The molecule has 2 saturated heterocycles. The number of piperidine rings is 1. The van der Waals surface area contributed by atoms with Gasteiger partial charge in [0.2, 0.25) is 15.9 Å². The van der Waals surface area contributed by atoms with Gasteiger partial charge >= 0.3 is 0 Å². The fourth-order valence-electron chi connectivity index (χ4n) is 3.18. The second-order valence-electron chi connectivity index (χ2n) is 6.38. The summed E-state index contributed by atoms with van der Waals surface area (Å²) in [5.74, 6) is 0.0419. The molecule has 0 radical (unpaired) electrons. The van der Waals surface area contributed by atoms with Crippen LogP contribution in [0.3, 0.4) is 0 Å². The number of benzene rings is 1. The van der Waals surface area contributed by atoms with Crippen LogP contribution in [0, 0.1) is 5.92 Å². The number of nitrogens with one attached hydrogen (secondary N) is 1. The highest BCUT2D eigenvalue weighted by Crippen LogP contribution is 2.30. The minimum absolute atomic E-state index is 0.174. The number of anilines is 1. The minimum Gasteiger partial charge on any atom is -0.495 e. The van der Waals surface area contributed by atoms with Crippen LogP contribution in [0.25, 0.3) is 0 Å². The molecule has 2 aliphatic rings. The van der Waals surface area contributed by atoms with Crippen LogP contribution < -0.4 is 10.1 Å². The molecule has 2 fully saturated rings. The van der Waals surface area contributed by atoms with Gasteiger partial charge in [-0.25, -0.2) is 8.42 Å². The van der Waals surface area contributed by atoms with Gasteiger partial charge in [0.25, 0.3) is 0 Å². The van der Waals surface area contributed by atoms with Gasteiger partial charge in [-0.3, -0.25) is 4.79 Å². The Bertz CT molecular complexity index is 723. The quantitative estimate of drug-likeness (QED) is 0.857. The molecule has 0 saturated carbocycles. The maximum Gasteiger partial charge on any atom is 0.243 e. The van der Waals surface area contributed by atoms with Crippen molar-refractivity contribution >= 4 is 21.6 Å². The van der Waals surface area contributed by atoms with Crippen molar-refractivity contribution in [2.45, 2.75) is 30.6 Å². The third-order valence-electron chi connectivity index (χ3n) is 4.68. The monoisotopic (exact) mass is 368 g/mol. The van der Waals surface area contributed by atoms with E-state index in [0.29, 0.717) is 44.2 Å². The highest BCUT2D eigenvalue weighted by Gasteiger charge is 2.28. The van der Waals surface area contributed by atoms with Gasteiger partial charge < -0.3 is 14.8 Å². The van der Waals surface area contributed by atoms with E-state index in [2.05, 4.69) is 5.32 Å². The third kappa shape index (κ3) is 3.96. The number of carbonyl (C=O) groups is 1. The molecular weight excluding hydrogens is 344 g/mol. The summed E-state index contributed by atoms with van der Waals surface area (Å²) < 4.78 is 37.7. The van der Waals surface area contributed by atoms with Gasteiger partial charge in [-0.2, -0.15) is 4.31 Å². The lowest BCUT2D eigenvalue weighted by atomic mass is 10.1. The molecule has 1 atom stereocenters. The second-order valence-corrected chi connectivity index (χ2v) is 8.31. The van der Waals surface area contributed by atoms with E-state index in [-0.39, 0.29) is 16.7 Å². The number of amides is 1. The number of methoxy groups -OCH3 is 1. The Morgan fingerprint density at radius 3 is 2.68 bits per heavy atom. The molecule has 1 aromatic rings. The fraction of sp³-hybridized carbons (Fsp3) is 0.588. The number of hydrogen-bond acceptors (Lipinski definition) is 5. The number of carbonyl (C=O) groups excluding carboxylic acids is 1. The normalized spacial score (nSPS) is 21.9. The first-order chi connectivity index (χ1) is 12.0. The van der Waals surface area contributed by atoms with Gasteiger partial charge in [0, 0.05) is 19.7 Å². The first-order valence-corrected chi connectivity index (χ1v) is 10.0. The van der Waals surface area contributed by atoms with Crippen LogP contribution in [-0.4, -0.2) is 52.0 Å². The van der Waals surface area contributed by atoms with Gasteiger partial charge in [0.05, 0.1) is 30.2 Å². The Hall–Kier alpha value is -1.64. The summed E-state index contributed by atoms with van der Waals surface area (Å²) in [6, 6.07) is 4.59. The predicted molar refractivity (Wildman–Crippen MR) is 93.2 cm³/mol. The van der Waals surface area contributed by atoms with Crippen molar-refractivity contribution in [3.63, 3.8) is 0 Å². The topological polar surface area (TPSA) is 84.9 Å². The van der Waals surface area contributed by atoms with Crippen molar-refractivity contribution in [2.24, 2.45) is 5.92 Å². The summed E-state index contributed by atoms with van der Waals surface area (Å²) in [4.78, 5) is 12.5. The maximum absolute atomic E-state index is 12.8. The number of sulfonamides is 1. The summed E-state index contributed by atoms with van der Waals surface area (Å²) in [7, 11) is -2.07. The highest BCUT2D eigenvalue weighted by atomic mass is 32.2. The van der Waals surface area contributed by atoms with Crippen molar-refractivity contribution in [3.8, 4) is 5.75 Å². The van der Waals surface area contributed by atoms with E-state index >= 15 is 0 Å². The van der Waals surface area contributed by atoms with Crippen molar-refractivity contribution in [1.29, 1.82) is 0 Å².